The molecule has 100 valence electrons. The van der Waals surface area contributed by atoms with Gasteiger partial charge in [-0.25, -0.2) is 0 Å². The molecule has 1 unspecified atom stereocenters. The van der Waals surface area contributed by atoms with Crippen molar-refractivity contribution >= 4 is 0 Å². The van der Waals surface area contributed by atoms with E-state index in [4.69, 9.17) is 5.73 Å². The zero-order valence-corrected chi connectivity index (χ0v) is 12.1. The molecule has 0 fully saturated rings. The Bertz CT molecular complexity index is 550. The van der Waals surface area contributed by atoms with Crippen molar-refractivity contribution in [2.24, 2.45) is 5.73 Å². The molecule has 0 bridgehead atoms. The maximum Gasteiger partial charge on any atom is 0.0569 e. The van der Waals surface area contributed by atoms with Gasteiger partial charge in [0, 0.05) is 11.9 Å². The molecular weight excluding hydrogens is 232 g/mol. The summed E-state index contributed by atoms with van der Waals surface area (Å²) in [5.41, 5.74) is 11.0. The van der Waals surface area contributed by atoms with Gasteiger partial charge in [-0.2, -0.15) is 0 Å². The van der Waals surface area contributed by atoms with Crippen molar-refractivity contribution in [2.45, 2.75) is 39.2 Å². The van der Waals surface area contributed by atoms with Crippen LogP contribution in [0.25, 0.3) is 0 Å². The summed E-state index contributed by atoms with van der Waals surface area (Å²) >= 11 is 0. The first-order valence-electron chi connectivity index (χ1n) is 6.67. The highest BCUT2D eigenvalue weighted by atomic mass is 14.7. The number of aromatic nitrogens is 1. The third kappa shape index (κ3) is 3.02. The highest BCUT2D eigenvalue weighted by Crippen LogP contribution is 2.26. The van der Waals surface area contributed by atoms with Gasteiger partial charge in [0.25, 0.3) is 0 Å². The van der Waals surface area contributed by atoms with Gasteiger partial charge in [-0.15, -0.1) is 0 Å². The Morgan fingerprint density at radius 2 is 1.68 bits per heavy atom. The van der Waals surface area contributed by atoms with Crippen molar-refractivity contribution in [2.75, 3.05) is 0 Å². The molecule has 0 aliphatic carbocycles. The largest absolute Gasteiger partial charge is 0.320 e. The maximum atomic E-state index is 6.34. The molecule has 0 amide bonds. The molecule has 1 aromatic heterocycles. The Hall–Kier alpha value is -1.67. The molecule has 0 radical (unpaired) electrons. The molecule has 2 rings (SSSR count). The molecule has 0 saturated carbocycles. The van der Waals surface area contributed by atoms with Crippen LogP contribution in [0.15, 0.2) is 42.6 Å². The van der Waals surface area contributed by atoms with Crippen molar-refractivity contribution in [3.63, 3.8) is 0 Å². The SMILES string of the molecule is Cc1ncccc1C(N)c1ccc(C(C)(C)C)cc1. The molecule has 2 heteroatoms. The Morgan fingerprint density at radius 1 is 1.05 bits per heavy atom. The lowest BCUT2D eigenvalue weighted by Gasteiger charge is -2.20. The van der Waals surface area contributed by atoms with E-state index >= 15 is 0 Å². The maximum absolute atomic E-state index is 6.34. The molecule has 19 heavy (non-hydrogen) atoms. The van der Waals surface area contributed by atoms with Crippen molar-refractivity contribution in [1.29, 1.82) is 0 Å². The number of hydrogen-bond donors (Lipinski definition) is 1. The van der Waals surface area contributed by atoms with Crippen molar-refractivity contribution in [3.8, 4) is 0 Å². The topological polar surface area (TPSA) is 38.9 Å². The molecule has 1 heterocycles. The van der Waals surface area contributed by atoms with E-state index in [1.165, 1.54) is 5.56 Å². The van der Waals surface area contributed by atoms with Crippen LogP contribution >= 0.6 is 0 Å². The normalized spacial score (nSPS) is 13.3. The van der Waals surface area contributed by atoms with E-state index in [2.05, 4.69) is 50.0 Å². The van der Waals surface area contributed by atoms with Crippen LogP contribution in [0.2, 0.25) is 0 Å². The molecule has 2 N–H and O–H groups in total. The van der Waals surface area contributed by atoms with Crippen molar-refractivity contribution in [1.82, 2.24) is 4.98 Å². The Morgan fingerprint density at radius 3 is 2.21 bits per heavy atom. The number of aryl methyl sites for hydroxylation is 1. The molecule has 0 spiro atoms. The number of benzene rings is 1. The number of rotatable bonds is 2. The average Bonchev–Trinajstić information content (AvgIpc) is 2.38. The van der Waals surface area contributed by atoms with Crippen LogP contribution in [0.3, 0.4) is 0 Å². The molecule has 1 aromatic carbocycles. The van der Waals surface area contributed by atoms with Gasteiger partial charge >= 0.3 is 0 Å². The van der Waals surface area contributed by atoms with Crippen molar-refractivity contribution in [3.05, 3.63) is 65.0 Å². The highest BCUT2D eigenvalue weighted by Gasteiger charge is 2.15. The molecule has 0 aliphatic heterocycles. The van der Waals surface area contributed by atoms with Crippen LogP contribution in [0.5, 0.6) is 0 Å². The van der Waals surface area contributed by atoms with Crippen LogP contribution in [-0.2, 0) is 5.41 Å². The molecular formula is C17H22N2. The van der Waals surface area contributed by atoms with Gasteiger partial charge in [0.15, 0.2) is 0 Å². The van der Waals surface area contributed by atoms with E-state index in [-0.39, 0.29) is 11.5 Å². The summed E-state index contributed by atoms with van der Waals surface area (Å²) in [6.07, 6.45) is 1.80. The van der Waals surface area contributed by atoms with E-state index in [1.807, 2.05) is 19.1 Å². The monoisotopic (exact) mass is 254 g/mol. The quantitative estimate of drug-likeness (QED) is 0.886. The van der Waals surface area contributed by atoms with Crippen LogP contribution in [0, 0.1) is 6.92 Å². The second-order valence-electron chi connectivity index (χ2n) is 6.03. The fourth-order valence-electron chi connectivity index (χ4n) is 2.20. The first kappa shape index (κ1) is 13.8. The summed E-state index contributed by atoms with van der Waals surface area (Å²) in [7, 11) is 0. The third-order valence-corrected chi connectivity index (χ3v) is 3.52. The predicted molar refractivity (Wildman–Crippen MR) is 80.1 cm³/mol. The van der Waals surface area contributed by atoms with Crippen LogP contribution < -0.4 is 5.73 Å². The second kappa shape index (κ2) is 5.14. The summed E-state index contributed by atoms with van der Waals surface area (Å²) in [5.74, 6) is 0. The van der Waals surface area contributed by atoms with E-state index in [0.29, 0.717) is 0 Å². The fraction of sp³-hybridized carbons (Fsp3) is 0.353. The number of hydrogen-bond acceptors (Lipinski definition) is 2. The van der Waals surface area contributed by atoms with Gasteiger partial charge in [-0.1, -0.05) is 51.1 Å². The van der Waals surface area contributed by atoms with E-state index < -0.39 is 0 Å². The summed E-state index contributed by atoms with van der Waals surface area (Å²) in [6.45, 7) is 8.65. The summed E-state index contributed by atoms with van der Waals surface area (Å²) in [5, 5.41) is 0. The lowest BCUT2D eigenvalue weighted by molar-refractivity contribution is 0.589. The molecule has 1 atom stereocenters. The zero-order chi connectivity index (χ0) is 14.0. The van der Waals surface area contributed by atoms with E-state index in [1.54, 1.807) is 6.20 Å². The van der Waals surface area contributed by atoms with Crippen LogP contribution in [0.1, 0.15) is 49.2 Å². The van der Waals surface area contributed by atoms with Crippen LogP contribution in [-0.4, -0.2) is 4.98 Å². The van der Waals surface area contributed by atoms with Gasteiger partial charge in [0.2, 0.25) is 0 Å². The Balaban J connectivity index is 2.31. The predicted octanol–water partition coefficient (Wildman–Crippen LogP) is 3.74. The Kier molecular flexibility index (Phi) is 3.72. The fourth-order valence-corrected chi connectivity index (χ4v) is 2.20. The van der Waals surface area contributed by atoms with Gasteiger partial charge in [-0.05, 0) is 35.1 Å². The minimum atomic E-state index is -0.109. The van der Waals surface area contributed by atoms with E-state index in [0.717, 1.165) is 16.8 Å². The molecule has 2 aromatic rings. The minimum absolute atomic E-state index is 0.109. The summed E-state index contributed by atoms with van der Waals surface area (Å²) in [4.78, 5) is 4.30. The smallest absolute Gasteiger partial charge is 0.0569 e. The summed E-state index contributed by atoms with van der Waals surface area (Å²) in [6, 6.07) is 12.5. The highest BCUT2D eigenvalue weighted by molar-refractivity contribution is 5.36. The number of nitrogens with two attached hydrogens (primary N) is 1. The second-order valence-corrected chi connectivity index (χ2v) is 6.03. The number of pyridine rings is 1. The first-order valence-corrected chi connectivity index (χ1v) is 6.67. The lowest BCUT2D eigenvalue weighted by Crippen LogP contribution is -2.15. The van der Waals surface area contributed by atoms with Gasteiger partial charge in [-0.3, -0.25) is 4.98 Å². The number of nitrogens with zero attached hydrogens (tertiary/aromatic N) is 1. The standard InChI is InChI=1S/C17H22N2/c1-12-15(6-5-11-19-12)16(18)13-7-9-14(10-8-13)17(2,3)4/h5-11,16H,18H2,1-4H3. The van der Waals surface area contributed by atoms with Gasteiger partial charge in [0.1, 0.15) is 0 Å². The average molecular weight is 254 g/mol. The molecule has 0 saturated heterocycles. The summed E-state index contributed by atoms with van der Waals surface area (Å²) < 4.78 is 0. The zero-order valence-electron chi connectivity index (χ0n) is 12.1. The van der Waals surface area contributed by atoms with Crippen LogP contribution in [0.4, 0.5) is 0 Å². The Labute approximate surface area is 115 Å². The van der Waals surface area contributed by atoms with Gasteiger partial charge in [0.05, 0.1) is 6.04 Å². The third-order valence-electron chi connectivity index (χ3n) is 3.52. The van der Waals surface area contributed by atoms with Crippen molar-refractivity contribution < 1.29 is 0 Å². The molecule has 0 aliphatic rings. The minimum Gasteiger partial charge on any atom is -0.320 e. The van der Waals surface area contributed by atoms with E-state index in [9.17, 15) is 0 Å². The molecule has 2 nitrogen and oxygen atoms in total. The first-order chi connectivity index (χ1) is 8.89. The lowest BCUT2D eigenvalue weighted by atomic mass is 9.86. The van der Waals surface area contributed by atoms with Gasteiger partial charge < -0.3 is 5.73 Å².